The van der Waals surface area contributed by atoms with E-state index in [-0.39, 0.29) is 11.6 Å². The number of carbonyl (C=O) groups excluding carboxylic acids is 2. The molecule has 1 amide bonds. The van der Waals surface area contributed by atoms with Crippen LogP contribution < -0.4 is 10.1 Å². The molecule has 0 aliphatic rings. The van der Waals surface area contributed by atoms with E-state index in [0.717, 1.165) is 11.3 Å². The van der Waals surface area contributed by atoms with Crippen LogP contribution in [0.4, 0.5) is 10.8 Å². The van der Waals surface area contributed by atoms with Gasteiger partial charge in [-0.05, 0) is 30.3 Å². The number of rotatable bonds is 4. The van der Waals surface area contributed by atoms with E-state index in [1.54, 1.807) is 0 Å². The summed E-state index contributed by atoms with van der Waals surface area (Å²) in [6.45, 7) is 1.29. The number of nitro benzene ring substituents is 1. The lowest BCUT2D eigenvalue weighted by Crippen LogP contribution is -2.11. The lowest BCUT2D eigenvalue weighted by atomic mass is 10.2. The number of carbonyl (C=O) groups is 2. The van der Waals surface area contributed by atoms with Crippen molar-refractivity contribution in [2.45, 2.75) is 6.92 Å². The number of hydrogen-bond donors (Lipinski definition) is 1. The third-order valence-electron chi connectivity index (χ3n) is 3.18. The van der Waals surface area contributed by atoms with Gasteiger partial charge in [0.15, 0.2) is 5.13 Å². The van der Waals surface area contributed by atoms with Crippen molar-refractivity contribution in [3.8, 4) is 5.75 Å². The van der Waals surface area contributed by atoms with Crippen LogP contribution in [0.25, 0.3) is 10.2 Å². The Bertz CT molecular complexity index is 981. The molecule has 0 saturated carbocycles. The van der Waals surface area contributed by atoms with Gasteiger partial charge in [-0.1, -0.05) is 11.3 Å². The van der Waals surface area contributed by atoms with E-state index in [1.165, 1.54) is 49.4 Å². The van der Waals surface area contributed by atoms with Crippen molar-refractivity contribution in [1.29, 1.82) is 0 Å². The van der Waals surface area contributed by atoms with E-state index in [9.17, 15) is 19.7 Å². The zero-order valence-corrected chi connectivity index (χ0v) is 13.7. The highest BCUT2D eigenvalue weighted by atomic mass is 32.1. The van der Waals surface area contributed by atoms with E-state index in [1.807, 2.05) is 0 Å². The first-order valence-electron chi connectivity index (χ1n) is 7.07. The van der Waals surface area contributed by atoms with Gasteiger partial charge >= 0.3 is 5.97 Å². The maximum Gasteiger partial charge on any atom is 0.308 e. The molecule has 2 aromatic carbocycles. The topological polar surface area (TPSA) is 111 Å². The van der Waals surface area contributed by atoms with Gasteiger partial charge in [0.2, 0.25) is 0 Å². The number of nitrogens with one attached hydrogen (secondary N) is 1. The summed E-state index contributed by atoms with van der Waals surface area (Å²) in [5.74, 6) is -0.486. The number of nitrogens with zero attached hydrogens (tertiary/aromatic N) is 2. The van der Waals surface area contributed by atoms with Crippen molar-refractivity contribution in [1.82, 2.24) is 4.98 Å². The Morgan fingerprint density at radius 3 is 2.56 bits per heavy atom. The average molecular weight is 357 g/mol. The van der Waals surface area contributed by atoms with Crippen LogP contribution in [0.15, 0.2) is 42.5 Å². The number of nitro groups is 1. The maximum atomic E-state index is 12.2. The zero-order valence-electron chi connectivity index (χ0n) is 12.9. The molecule has 0 aliphatic carbocycles. The first kappa shape index (κ1) is 16.5. The van der Waals surface area contributed by atoms with Crippen LogP contribution in [0.2, 0.25) is 0 Å². The molecule has 1 aromatic heterocycles. The fourth-order valence-corrected chi connectivity index (χ4v) is 2.98. The highest BCUT2D eigenvalue weighted by Crippen LogP contribution is 2.29. The summed E-state index contributed by atoms with van der Waals surface area (Å²) in [4.78, 5) is 37.7. The van der Waals surface area contributed by atoms with Crippen molar-refractivity contribution >= 4 is 44.2 Å². The minimum atomic E-state index is -0.484. The number of amides is 1. The van der Waals surface area contributed by atoms with Crippen molar-refractivity contribution in [3.05, 3.63) is 58.1 Å². The Hall–Kier alpha value is -3.33. The highest BCUT2D eigenvalue weighted by Gasteiger charge is 2.13. The number of ether oxygens (including phenoxy) is 1. The Kier molecular flexibility index (Phi) is 4.40. The van der Waals surface area contributed by atoms with Crippen LogP contribution in [-0.4, -0.2) is 21.8 Å². The number of esters is 1. The van der Waals surface area contributed by atoms with Crippen LogP contribution in [-0.2, 0) is 4.79 Å². The second-order valence-corrected chi connectivity index (χ2v) is 6.03. The SMILES string of the molecule is CC(=O)Oc1ccc(C(=O)Nc2nc3ccc([N+](=O)[O-])cc3s2)cc1. The van der Waals surface area contributed by atoms with Crippen LogP contribution >= 0.6 is 11.3 Å². The summed E-state index contributed by atoms with van der Waals surface area (Å²) in [5, 5.41) is 13.8. The molecule has 0 aliphatic heterocycles. The molecule has 25 heavy (non-hydrogen) atoms. The lowest BCUT2D eigenvalue weighted by molar-refractivity contribution is -0.384. The molecule has 1 N–H and O–H groups in total. The molecule has 8 nitrogen and oxygen atoms in total. The van der Waals surface area contributed by atoms with Crippen molar-refractivity contribution in [3.63, 3.8) is 0 Å². The van der Waals surface area contributed by atoms with Crippen molar-refractivity contribution in [2.75, 3.05) is 5.32 Å². The summed E-state index contributed by atoms with van der Waals surface area (Å²) in [7, 11) is 0. The molecule has 0 radical (unpaired) electrons. The number of anilines is 1. The van der Waals surface area contributed by atoms with Crippen LogP contribution in [0.5, 0.6) is 5.75 Å². The molecule has 3 rings (SSSR count). The van der Waals surface area contributed by atoms with Gasteiger partial charge in [-0.3, -0.25) is 25.0 Å². The summed E-state index contributed by atoms with van der Waals surface area (Å²) in [6, 6.07) is 10.4. The predicted octanol–water partition coefficient (Wildman–Crippen LogP) is 3.38. The molecule has 0 unspecified atom stereocenters. The first-order chi connectivity index (χ1) is 11.9. The second-order valence-electron chi connectivity index (χ2n) is 5.00. The molecule has 0 saturated heterocycles. The van der Waals surface area contributed by atoms with E-state index >= 15 is 0 Å². The van der Waals surface area contributed by atoms with Gasteiger partial charge < -0.3 is 4.74 Å². The molecule has 9 heteroatoms. The maximum absolute atomic E-state index is 12.2. The van der Waals surface area contributed by atoms with Gasteiger partial charge in [-0.25, -0.2) is 4.98 Å². The Morgan fingerprint density at radius 1 is 1.20 bits per heavy atom. The minimum absolute atomic E-state index is 0.0323. The van der Waals surface area contributed by atoms with E-state index in [4.69, 9.17) is 4.74 Å². The van der Waals surface area contributed by atoms with Gasteiger partial charge in [0.25, 0.3) is 11.6 Å². The molecule has 0 atom stereocenters. The van der Waals surface area contributed by atoms with Crippen LogP contribution in [0.1, 0.15) is 17.3 Å². The number of hydrogen-bond acceptors (Lipinski definition) is 7. The molecule has 0 spiro atoms. The van der Waals surface area contributed by atoms with Crippen LogP contribution in [0.3, 0.4) is 0 Å². The number of non-ortho nitro benzene ring substituents is 1. The normalized spacial score (nSPS) is 10.4. The van der Waals surface area contributed by atoms with E-state index in [2.05, 4.69) is 10.3 Å². The standard InChI is InChI=1S/C16H11N3O5S/c1-9(20)24-12-5-2-10(3-6-12)15(21)18-16-17-13-7-4-11(19(22)23)8-14(13)25-16/h2-8H,1H3,(H,17,18,21). The highest BCUT2D eigenvalue weighted by molar-refractivity contribution is 7.22. The van der Waals surface area contributed by atoms with E-state index in [0.29, 0.717) is 26.7 Å². The molecule has 126 valence electrons. The molecular weight excluding hydrogens is 346 g/mol. The summed E-state index contributed by atoms with van der Waals surface area (Å²) < 4.78 is 5.51. The Morgan fingerprint density at radius 2 is 1.92 bits per heavy atom. The Labute approximate surface area is 145 Å². The Balaban J connectivity index is 1.77. The largest absolute Gasteiger partial charge is 0.427 e. The molecule has 0 fully saturated rings. The summed E-state index contributed by atoms with van der Waals surface area (Å²) in [5.41, 5.74) is 0.896. The minimum Gasteiger partial charge on any atom is -0.427 e. The smallest absolute Gasteiger partial charge is 0.308 e. The van der Waals surface area contributed by atoms with Crippen LogP contribution in [0, 0.1) is 10.1 Å². The summed E-state index contributed by atoms with van der Waals surface area (Å²) >= 11 is 1.15. The lowest BCUT2D eigenvalue weighted by Gasteiger charge is -2.03. The number of aromatic nitrogens is 1. The fraction of sp³-hybridized carbons (Fsp3) is 0.0625. The molecule has 3 aromatic rings. The summed E-state index contributed by atoms with van der Waals surface area (Å²) in [6.07, 6.45) is 0. The quantitative estimate of drug-likeness (QED) is 0.331. The van der Waals surface area contributed by atoms with E-state index < -0.39 is 10.9 Å². The van der Waals surface area contributed by atoms with Crippen molar-refractivity contribution < 1.29 is 19.2 Å². The predicted molar refractivity (Wildman–Crippen MR) is 92.0 cm³/mol. The molecule has 1 heterocycles. The molecule has 0 bridgehead atoms. The number of benzene rings is 2. The first-order valence-corrected chi connectivity index (χ1v) is 7.89. The van der Waals surface area contributed by atoms with Gasteiger partial charge in [-0.15, -0.1) is 0 Å². The average Bonchev–Trinajstić information content (AvgIpc) is 2.96. The second kappa shape index (κ2) is 6.65. The number of thiazole rings is 1. The third kappa shape index (κ3) is 3.78. The monoisotopic (exact) mass is 357 g/mol. The fourth-order valence-electron chi connectivity index (χ4n) is 2.09. The van der Waals surface area contributed by atoms with Gasteiger partial charge in [0.05, 0.1) is 15.1 Å². The van der Waals surface area contributed by atoms with Gasteiger partial charge in [-0.2, -0.15) is 0 Å². The van der Waals surface area contributed by atoms with Gasteiger partial charge in [0, 0.05) is 24.6 Å². The molecular formula is C16H11N3O5S. The van der Waals surface area contributed by atoms with Gasteiger partial charge in [0.1, 0.15) is 5.75 Å². The number of fused-ring (bicyclic) bond motifs is 1. The third-order valence-corrected chi connectivity index (χ3v) is 4.11. The van der Waals surface area contributed by atoms with Crippen molar-refractivity contribution in [2.24, 2.45) is 0 Å². The zero-order chi connectivity index (χ0) is 18.0.